The van der Waals surface area contributed by atoms with Crippen molar-refractivity contribution in [3.05, 3.63) is 130 Å². The minimum Gasteiger partial charge on any atom is -0.496 e. The molecule has 1 aliphatic rings. The van der Waals surface area contributed by atoms with Gasteiger partial charge in [0.25, 0.3) is 11.2 Å². The molecule has 10 nitrogen and oxygen atoms in total. The number of hydrogen-bond acceptors (Lipinski definition) is 9. The summed E-state index contributed by atoms with van der Waals surface area (Å²) in [5.74, 6) is 0.424. The van der Waals surface area contributed by atoms with Crippen LogP contribution in [0.4, 0.5) is 5.69 Å². The first-order chi connectivity index (χ1) is 21.7. The molecule has 0 spiro atoms. The molecule has 232 valence electrons. The molecule has 3 aromatic carbocycles. The molecule has 1 aliphatic heterocycles. The van der Waals surface area contributed by atoms with Crippen molar-refractivity contribution in [2.24, 2.45) is 4.99 Å². The number of rotatable bonds is 11. The maximum atomic E-state index is 14.2. The smallest absolute Gasteiger partial charge is 0.338 e. The van der Waals surface area contributed by atoms with Crippen molar-refractivity contribution in [3.63, 3.8) is 0 Å². The van der Waals surface area contributed by atoms with Gasteiger partial charge in [-0.3, -0.25) is 19.5 Å². The summed E-state index contributed by atoms with van der Waals surface area (Å²) in [7, 11) is 1.52. The van der Waals surface area contributed by atoms with Gasteiger partial charge in [-0.15, -0.1) is 0 Å². The molecule has 4 aromatic rings. The van der Waals surface area contributed by atoms with Gasteiger partial charge in [0.1, 0.15) is 24.1 Å². The first-order valence-electron chi connectivity index (χ1n) is 14.3. The maximum absolute atomic E-state index is 14.2. The Labute approximate surface area is 267 Å². The molecule has 0 bridgehead atoms. The Morgan fingerprint density at radius 1 is 1.11 bits per heavy atom. The topological polar surface area (TPSA) is 122 Å². The van der Waals surface area contributed by atoms with E-state index in [2.05, 4.69) is 0 Å². The molecule has 1 atom stereocenters. The lowest BCUT2D eigenvalue weighted by molar-refractivity contribution is -0.384. The number of benzene rings is 3. The number of aromatic nitrogens is 1. The average molecular weight is 648 g/mol. The average Bonchev–Trinajstić information content (AvgIpc) is 3.34. The second-order valence-electron chi connectivity index (χ2n) is 10.0. The molecule has 0 saturated carbocycles. The molecule has 2 heterocycles. The van der Waals surface area contributed by atoms with Crippen LogP contribution in [0.2, 0.25) is 5.02 Å². The highest BCUT2D eigenvalue weighted by atomic mass is 35.5. The highest BCUT2D eigenvalue weighted by molar-refractivity contribution is 7.07. The Morgan fingerprint density at radius 3 is 2.56 bits per heavy atom. The fourth-order valence-electron chi connectivity index (χ4n) is 5.08. The van der Waals surface area contributed by atoms with Crippen LogP contribution in [0.15, 0.2) is 87.8 Å². The van der Waals surface area contributed by atoms with E-state index in [-0.39, 0.29) is 30.0 Å². The number of esters is 1. The van der Waals surface area contributed by atoms with E-state index in [1.165, 1.54) is 35.1 Å². The van der Waals surface area contributed by atoms with Gasteiger partial charge in [0.2, 0.25) is 0 Å². The van der Waals surface area contributed by atoms with Crippen LogP contribution in [0, 0.1) is 10.1 Å². The first kappa shape index (κ1) is 31.7. The van der Waals surface area contributed by atoms with E-state index in [0.717, 1.165) is 12.0 Å². The largest absolute Gasteiger partial charge is 0.496 e. The molecule has 0 amide bonds. The summed E-state index contributed by atoms with van der Waals surface area (Å²) in [6.45, 7) is 4.04. The maximum Gasteiger partial charge on any atom is 0.338 e. The van der Waals surface area contributed by atoms with Gasteiger partial charge in [-0.05, 0) is 61.4 Å². The summed E-state index contributed by atoms with van der Waals surface area (Å²) >= 11 is 7.63. The van der Waals surface area contributed by atoms with Crippen molar-refractivity contribution in [2.45, 2.75) is 39.3 Å². The normalized spacial score (nSPS) is 14.5. The molecule has 0 radical (unpaired) electrons. The number of nitro groups is 1. The number of nitrogens with zero attached hydrogens (tertiary/aromatic N) is 3. The zero-order valence-corrected chi connectivity index (χ0v) is 26.4. The predicted molar refractivity (Wildman–Crippen MR) is 172 cm³/mol. The number of para-hydroxylation sites is 1. The molecule has 12 heteroatoms. The molecule has 0 saturated heterocycles. The van der Waals surface area contributed by atoms with Crippen LogP contribution in [0.1, 0.15) is 49.4 Å². The Hall–Kier alpha value is -4.74. The third-order valence-corrected chi connectivity index (χ3v) is 8.34. The zero-order valence-electron chi connectivity index (χ0n) is 24.8. The molecule has 0 fully saturated rings. The summed E-state index contributed by atoms with van der Waals surface area (Å²) in [5, 5.41) is 11.4. The number of methoxy groups -OCH3 is 1. The molecule has 45 heavy (non-hydrogen) atoms. The number of allylic oxidation sites excluding steroid dienone is 1. The van der Waals surface area contributed by atoms with Crippen LogP contribution < -0.4 is 24.4 Å². The molecule has 0 N–H and O–H groups in total. The predicted octanol–water partition coefficient (Wildman–Crippen LogP) is 5.73. The Morgan fingerprint density at radius 2 is 1.87 bits per heavy atom. The summed E-state index contributed by atoms with van der Waals surface area (Å²) in [6, 6.07) is 17.6. The number of carbonyl (C=O) groups is 1. The number of ether oxygens (including phenoxy) is 3. The second-order valence-corrected chi connectivity index (χ2v) is 11.5. The van der Waals surface area contributed by atoms with Crippen LogP contribution in [0.25, 0.3) is 6.08 Å². The number of fused-ring (bicyclic) bond motifs is 1. The molecular weight excluding hydrogens is 618 g/mol. The Bertz CT molecular complexity index is 1970. The van der Waals surface area contributed by atoms with E-state index >= 15 is 0 Å². The Balaban J connectivity index is 1.63. The SMILES string of the molecule is CCCC1=C(C(=O)OCC)[C@@H](c2cc(Cl)ccc2OC)n2c(s/c(=C/c3ccccc3OCc3ccc([N+](=O)[O-])cc3)c2=O)=N1. The number of carbonyl (C=O) groups excluding carboxylic acids is 1. The van der Waals surface area contributed by atoms with Gasteiger partial charge >= 0.3 is 5.97 Å². The fraction of sp³-hybridized carbons (Fsp3) is 0.242. The fourth-order valence-corrected chi connectivity index (χ4v) is 6.27. The second kappa shape index (κ2) is 13.9. The zero-order chi connectivity index (χ0) is 32.1. The lowest BCUT2D eigenvalue weighted by atomic mass is 9.93. The lowest BCUT2D eigenvalue weighted by Gasteiger charge is -2.27. The standard InChI is InChI=1S/C33H30ClN3O7S/c1-4-8-25-29(32(39)43-5-2)30(24-18-22(34)13-16-27(24)42-3)36-31(38)28(45-33(36)35-25)17-21-9-6-7-10-26(21)44-19-20-11-14-23(15-12-20)37(40)41/h6-7,9-18,30H,4-5,8,19H2,1-3H3/b28-17+/t30-/m1/s1. The lowest BCUT2D eigenvalue weighted by Crippen LogP contribution is -2.40. The molecule has 0 aliphatic carbocycles. The van der Waals surface area contributed by atoms with E-state index in [0.29, 0.717) is 49.1 Å². The van der Waals surface area contributed by atoms with Crippen molar-refractivity contribution in [1.82, 2.24) is 4.57 Å². The number of thiazole rings is 1. The Kier molecular flexibility index (Phi) is 9.80. The highest BCUT2D eigenvalue weighted by Crippen LogP contribution is 2.38. The van der Waals surface area contributed by atoms with Gasteiger partial charge in [0, 0.05) is 28.3 Å². The van der Waals surface area contributed by atoms with Gasteiger partial charge < -0.3 is 14.2 Å². The van der Waals surface area contributed by atoms with Gasteiger partial charge in [-0.1, -0.05) is 54.5 Å². The van der Waals surface area contributed by atoms with E-state index < -0.39 is 16.9 Å². The molecule has 0 unspecified atom stereocenters. The van der Waals surface area contributed by atoms with Crippen LogP contribution >= 0.6 is 22.9 Å². The summed E-state index contributed by atoms with van der Waals surface area (Å²) < 4.78 is 19.1. The van der Waals surface area contributed by atoms with Gasteiger partial charge in [-0.2, -0.15) is 0 Å². The quantitative estimate of drug-likeness (QED) is 0.116. The molecule has 5 rings (SSSR count). The van der Waals surface area contributed by atoms with Crippen LogP contribution in [-0.4, -0.2) is 29.2 Å². The van der Waals surface area contributed by atoms with E-state index in [4.69, 9.17) is 30.8 Å². The first-order valence-corrected chi connectivity index (χ1v) is 15.5. The number of non-ortho nitro benzene ring substituents is 1. The van der Waals surface area contributed by atoms with E-state index in [1.54, 1.807) is 49.4 Å². The third kappa shape index (κ3) is 6.69. The molecule has 1 aromatic heterocycles. The molecular formula is C33H30ClN3O7S. The van der Waals surface area contributed by atoms with E-state index in [1.807, 2.05) is 25.1 Å². The van der Waals surface area contributed by atoms with Crippen molar-refractivity contribution in [3.8, 4) is 11.5 Å². The number of nitro benzene ring substituents is 1. The van der Waals surface area contributed by atoms with Crippen LogP contribution in [-0.2, 0) is 16.1 Å². The van der Waals surface area contributed by atoms with Gasteiger partial charge in [0.05, 0.1) is 34.4 Å². The summed E-state index contributed by atoms with van der Waals surface area (Å²) in [5.41, 5.74) is 2.40. The van der Waals surface area contributed by atoms with Crippen molar-refractivity contribution >= 4 is 40.7 Å². The van der Waals surface area contributed by atoms with Gasteiger partial charge in [-0.25, -0.2) is 9.79 Å². The number of halogens is 1. The van der Waals surface area contributed by atoms with Crippen molar-refractivity contribution < 1.29 is 23.9 Å². The monoisotopic (exact) mass is 647 g/mol. The summed E-state index contributed by atoms with van der Waals surface area (Å²) in [4.78, 5) is 43.4. The third-order valence-electron chi connectivity index (χ3n) is 7.13. The highest BCUT2D eigenvalue weighted by Gasteiger charge is 2.36. The van der Waals surface area contributed by atoms with Crippen molar-refractivity contribution in [2.75, 3.05) is 13.7 Å². The van der Waals surface area contributed by atoms with E-state index in [9.17, 15) is 19.7 Å². The van der Waals surface area contributed by atoms with Crippen molar-refractivity contribution in [1.29, 1.82) is 0 Å². The van der Waals surface area contributed by atoms with Crippen LogP contribution in [0.5, 0.6) is 11.5 Å². The minimum absolute atomic E-state index is 0.00330. The minimum atomic E-state index is -0.883. The van der Waals surface area contributed by atoms with Crippen LogP contribution in [0.3, 0.4) is 0 Å². The van der Waals surface area contributed by atoms with Gasteiger partial charge in [0.15, 0.2) is 4.80 Å². The summed E-state index contributed by atoms with van der Waals surface area (Å²) in [6.07, 6.45) is 2.95. The number of hydrogen-bond donors (Lipinski definition) is 0.